The van der Waals surface area contributed by atoms with Gasteiger partial charge in [-0.15, -0.1) is 0 Å². The molecular weight excluding hydrogens is 294 g/mol. The number of benzene rings is 1. The summed E-state index contributed by atoms with van der Waals surface area (Å²) in [6.45, 7) is 0. The minimum absolute atomic E-state index is 0.152. The van der Waals surface area contributed by atoms with Crippen molar-refractivity contribution >= 4 is 28.6 Å². The Balaban J connectivity index is 2.47. The molecule has 1 N–H and O–H groups in total. The number of fused-ring (bicyclic) bond motifs is 1. The van der Waals surface area contributed by atoms with Crippen LogP contribution in [0.5, 0.6) is 5.75 Å². The van der Waals surface area contributed by atoms with E-state index in [1.807, 2.05) is 0 Å². The van der Waals surface area contributed by atoms with Gasteiger partial charge in [0.05, 0.1) is 19.0 Å². The lowest BCUT2D eigenvalue weighted by Gasteiger charge is -2.10. The number of hydrogen-bond acceptors (Lipinski definition) is 8. The second-order valence-corrected chi connectivity index (χ2v) is 4.10. The van der Waals surface area contributed by atoms with Crippen molar-refractivity contribution in [3.05, 3.63) is 46.5 Å². The van der Waals surface area contributed by atoms with Crippen LogP contribution in [-0.4, -0.2) is 19.0 Å². The van der Waals surface area contributed by atoms with Gasteiger partial charge in [0.15, 0.2) is 11.3 Å². The monoisotopic (exact) mass is 303 g/mol. The highest BCUT2D eigenvalue weighted by atomic mass is 16.5. The molecule has 22 heavy (non-hydrogen) atoms. The second kappa shape index (κ2) is 6.00. The lowest BCUT2D eigenvalue weighted by Crippen LogP contribution is -2.36. The maximum absolute atomic E-state index is 11.8. The molecule has 0 saturated heterocycles. The zero-order valence-electron chi connectivity index (χ0n) is 11.2. The van der Waals surface area contributed by atoms with Gasteiger partial charge < -0.3 is 34.3 Å². The molecule has 0 spiro atoms. The number of nitrogens with one attached hydrogen (secondary N) is 1. The molecule has 0 saturated carbocycles. The Hall–Kier alpha value is -3.29. The molecule has 1 aromatic carbocycles. The third-order valence-corrected chi connectivity index (χ3v) is 2.76. The highest BCUT2D eigenvalue weighted by molar-refractivity contribution is 6.10. The molecule has 0 unspecified atom stereocenters. The van der Waals surface area contributed by atoms with Gasteiger partial charge in [0.1, 0.15) is 5.69 Å². The number of carbonyl (C=O) groups excluding carboxylic acids is 2. The summed E-state index contributed by atoms with van der Waals surface area (Å²) in [5, 5.41) is 23.9. The third-order valence-electron chi connectivity index (χ3n) is 2.76. The van der Waals surface area contributed by atoms with Crippen molar-refractivity contribution in [1.29, 1.82) is 0 Å². The molecule has 0 amide bonds. The van der Waals surface area contributed by atoms with Crippen LogP contribution in [0.3, 0.4) is 0 Å². The number of para-hydroxylation sites is 1. The van der Waals surface area contributed by atoms with Crippen LogP contribution in [0, 0.1) is 0 Å². The van der Waals surface area contributed by atoms with E-state index >= 15 is 0 Å². The Bertz CT molecular complexity index is 819. The lowest BCUT2D eigenvalue weighted by atomic mass is 10.2. The molecular formula is C14H9NO7-2. The van der Waals surface area contributed by atoms with E-state index in [2.05, 4.69) is 5.32 Å². The van der Waals surface area contributed by atoms with Crippen LogP contribution in [0.25, 0.3) is 11.0 Å². The predicted octanol–water partition coefficient (Wildman–Crippen LogP) is -1.40. The number of ether oxygens (including phenoxy) is 1. The maximum atomic E-state index is 11.8. The quantitative estimate of drug-likeness (QED) is 0.308. The van der Waals surface area contributed by atoms with Crippen molar-refractivity contribution in [1.82, 2.24) is 0 Å². The number of hydrogen-bond donors (Lipinski definition) is 1. The maximum Gasteiger partial charge on any atom is 0.360 e. The smallest absolute Gasteiger partial charge is 0.360 e. The van der Waals surface area contributed by atoms with Gasteiger partial charge in [-0.3, -0.25) is 0 Å². The average Bonchev–Trinajstić information content (AvgIpc) is 2.46. The normalized spacial score (nSPS) is 10.0. The molecule has 1 aromatic heterocycles. The van der Waals surface area contributed by atoms with E-state index in [0.717, 1.165) is 0 Å². The van der Waals surface area contributed by atoms with E-state index in [1.54, 1.807) is 18.2 Å². The highest BCUT2D eigenvalue weighted by Gasteiger charge is 2.09. The minimum Gasteiger partial charge on any atom is -0.545 e. The Morgan fingerprint density at radius 1 is 1.27 bits per heavy atom. The fourth-order valence-corrected chi connectivity index (χ4v) is 1.73. The van der Waals surface area contributed by atoms with E-state index in [9.17, 15) is 24.6 Å². The number of aliphatic carboxylic acids is 2. The zero-order chi connectivity index (χ0) is 16.3. The topological polar surface area (TPSA) is 132 Å². The van der Waals surface area contributed by atoms with E-state index in [4.69, 9.17) is 9.15 Å². The van der Waals surface area contributed by atoms with Gasteiger partial charge in [0, 0.05) is 17.2 Å². The summed E-state index contributed by atoms with van der Waals surface area (Å²) in [7, 11) is 1.41. The molecule has 2 aromatic rings. The van der Waals surface area contributed by atoms with Crippen molar-refractivity contribution in [2.45, 2.75) is 0 Å². The summed E-state index contributed by atoms with van der Waals surface area (Å²) in [5.41, 5.74) is -1.90. The van der Waals surface area contributed by atoms with Crippen molar-refractivity contribution in [2.75, 3.05) is 12.4 Å². The summed E-state index contributed by atoms with van der Waals surface area (Å²) < 4.78 is 10.1. The molecule has 8 heteroatoms. The molecule has 114 valence electrons. The molecule has 2 rings (SSSR count). The van der Waals surface area contributed by atoms with Crippen molar-refractivity contribution < 1.29 is 29.0 Å². The van der Waals surface area contributed by atoms with E-state index < -0.39 is 23.1 Å². The van der Waals surface area contributed by atoms with Crippen molar-refractivity contribution in [2.24, 2.45) is 0 Å². The molecule has 0 aliphatic rings. The van der Waals surface area contributed by atoms with Gasteiger partial charge in [-0.2, -0.15) is 0 Å². The summed E-state index contributed by atoms with van der Waals surface area (Å²) in [5.74, 6) is -3.54. The first-order chi connectivity index (χ1) is 10.4. The lowest BCUT2D eigenvalue weighted by molar-refractivity contribution is -0.312. The molecule has 0 aliphatic heterocycles. The van der Waals surface area contributed by atoms with Crippen LogP contribution >= 0.6 is 0 Å². The molecule has 0 fully saturated rings. The van der Waals surface area contributed by atoms with Crippen LogP contribution in [0.15, 0.2) is 45.3 Å². The number of methoxy groups -OCH3 is 1. The fraction of sp³-hybridized carbons (Fsp3) is 0.0714. The second-order valence-electron chi connectivity index (χ2n) is 4.10. The SMILES string of the molecule is COc1cccc2cc(NC=C(C(=O)[O-])C(=O)[O-])c(=O)oc12. The molecule has 0 atom stereocenters. The van der Waals surface area contributed by atoms with Crippen LogP contribution in [-0.2, 0) is 9.59 Å². The zero-order valence-corrected chi connectivity index (χ0v) is 11.2. The number of rotatable bonds is 5. The van der Waals surface area contributed by atoms with Crippen LogP contribution < -0.4 is 25.9 Å². The Kier molecular flexibility index (Phi) is 4.12. The molecule has 8 nitrogen and oxygen atoms in total. The standard InChI is InChI=1S/C14H11NO7/c1-21-10-4-2-3-7-5-9(14(20)22-11(7)10)15-6-8(12(16)17)13(18)19/h2-6,15H,1H3,(H,16,17)(H,18,19)/p-2. The van der Waals surface area contributed by atoms with Crippen LogP contribution in [0.2, 0.25) is 0 Å². The largest absolute Gasteiger partial charge is 0.545 e. The fourth-order valence-electron chi connectivity index (χ4n) is 1.73. The van der Waals surface area contributed by atoms with Crippen molar-refractivity contribution in [3.63, 3.8) is 0 Å². The number of anilines is 1. The Morgan fingerprint density at radius 3 is 2.55 bits per heavy atom. The summed E-state index contributed by atoms with van der Waals surface area (Å²) >= 11 is 0. The first kappa shape index (κ1) is 15.1. The summed E-state index contributed by atoms with van der Waals surface area (Å²) in [6, 6.07) is 6.26. The van der Waals surface area contributed by atoms with Crippen LogP contribution in [0.1, 0.15) is 0 Å². The first-order valence-corrected chi connectivity index (χ1v) is 5.94. The van der Waals surface area contributed by atoms with Gasteiger partial charge in [-0.05, 0) is 12.1 Å². The van der Waals surface area contributed by atoms with Gasteiger partial charge in [0.25, 0.3) is 0 Å². The molecule has 0 aliphatic carbocycles. The average molecular weight is 303 g/mol. The van der Waals surface area contributed by atoms with Crippen LogP contribution in [0.4, 0.5) is 5.69 Å². The Morgan fingerprint density at radius 2 is 1.95 bits per heavy atom. The minimum atomic E-state index is -1.95. The molecule has 0 radical (unpaired) electrons. The third kappa shape index (κ3) is 2.90. The predicted molar refractivity (Wildman–Crippen MR) is 70.8 cm³/mol. The Labute approximate surface area is 123 Å². The number of carboxylic acid groups (broad SMARTS) is 2. The van der Waals surface area contributed by atoms with E-state index in [1.165, 1.54) is 13.2 Å². The molecule has 1 heterocycles. The van der Waals surface area contributed by atoms with E-state index in [0.29, 0.717) is 17.3 Å². The van der Waals surface area contributed by atoms with Gasteiger partial charge in [-0.25, -0.2) is 4.79 Å². The summed E-state index contributed by atoms with van der Waals surface area (Å²) in [6.07, 6.45) is 0.586. The van der Waals surface area contributed by atoms with Crippen molar-refractivity contribution in [3.8, 4) is 5.75 Å². The number of carbonyl (C=O) groups is 2. The first-order valence-electron chi connectivity index (χ1n) is 5.94. The highest BCUT2D eigenvalue weighted by Crippen LogP contribution is 2.25. The van der Waals surface area contributed by atoms with Gasteiger partial charge >= 0.3 is 5.63 Å². The molecule has 0 bridgehead atoms. The van der Waals surface area contributed by atoms with E-state index in [-0.39, 0.29) is 11.3 Å². The summed E-state index contributed by atoms with van der Waals surface area (Å²) in [4.78, 5) is 33.0. The van der Waals surface area contributed by atoms with Gasteiger partial charge in [0.2, 0.25) is 0 Å². The van der Waals surface area contributed by atoms with Gasteiger partial charge in [-0.1, -0.05) is 12.1 Å². The number of carboxylic acids is 2.